The normalized spacial score (nSPS) is 22.2. The molecule has 0 saturated carbocycles. The van der Waals surface area contributed by atoms with Crippen LogP contribution < -0.4 is 5.32 Å². The summed E-state index contributed by atoms with van der Waals surface area (Å²) < 4.78 is 2.21. The molecule has 0 radical (unpaired) electrons. The van der Waals surface area contributed by atoms with Crippen molar-refractivity contribution in [2.75, 3.05) is 19.6 Å². The summed E-state index contributed by atoms with van der Waals surface area (Å²) in [6.07, 6.45) is 5.45. The summed E-state index contributed by atoms with van der Waals surface area (Å²) in [4.78, 5) is 30.9. The Balaban J connectivity index is 1.35. The molecule has 0 aliphatic carbocycles. The molecule has 0 bridgehead atoms. The van der Waals surface area contributed by atoms with E-state index < -0.39 is 5.92 Å². The van der Waals surface area contributed by atoms with Crippen molar-refractivity contribution in [2.45, 2.75) is 32.2 Å². The second-order valence-electron chi connectivity index (χ2n) is 7.14. The van der Waals surface area contributed by atoms with Gasteiger partial charge in [-0.1, -0.05) is 12.1 Å². The Hall–Kier alpha value is -2.37. The van der Waals surface area contributed by atoms with Crippen molar-refractivity contribution < 1.29 is 9.59 Å². The minimum atomic E-state index is -0.470. The topological polar surface area (TPSA) is 67.2 Å². The Morgan fingerprint density at radius 1 is 1.20 bits per heavy atom. The van der Waals surface area contributed by atoms with Gasteiger partial charge < -0.3 is 14.8 Å². The number of carbonyl (C=O) groups is 2. The number of benzene rings is 1. The van der Waals surface area contributed by atoms with E-state index in [2.05, 4.69) is 20.9 Å². The number of nitrogens with zero attached hydrogens (tertiary/aromatic N) is 3. The molecule has 2 fully saturated rings. The average Bonchev–Trinajstić information content (AvgIpc) is 3.05. The fourth-order valence-corrected chi connectivity index (χ4v) is 4.00. The average molecular weight is 340 g/mol. The predicted octanol–water partition coefficient (Wildman–Crippen LogP) is 1.80. The van der Waals surface area contributed by atoms with Crippen LogP contribution in [-0.4, -0.2) is 45.9 Å². The van der Waals surface area contributed by atoms with Crippen molar-refractivity contribution in [1.82, 2.24) is 19.8 Å². The summed E-state index contributed by atoms with van der Waals surface area (Å²) in [5.41, 5.74) is 2.19. The van der Waals surface area contributed by atoms with Crippen molar-refractivity contribution >= 4 is 22.8 Å². The Labute approximate surface area is 147 Å². The lowest BCUT2D eigenvalue weighted by Crippen LogP contribution is -2.49. The van der Waals surface area contributed by atoms with E-state index in [1.807, 2.05) is 29.4 Å². The van der Waals surface area contributed by atoms with Crippen LogP contribution >= 0.6 is 0 Å². The smallest absolute Gasteiger partial charge is 0.235 e. The molecule has 3 heterocycles. The van der Waals surface area contributed by atoms with Crippen LogP contribution in [0, 0.1) is 11.8 Å². The van der Waals surface area contributed by atoms with Gasteiger partial charge in [-0.15, -0.1) is 0 Å². The number of fused-ring (bicyclic) bond motifs is 1. The van der Waals surface area contributed by atoms with Crippen LogP contribution in [0.5, 0.6) is 0 Å². The fraction of sp³-hybridized carbons (Fsp3) is 0.526. The van der Waals surface area contributed by atoms with E-state index in [4.69, 9.17) is 0 Å². The number of carbonyl (C=O) groups excluding carboxylic acids is 2. The van der Waals surface area contributed by atoms with E-state index in [0.29, 0.717) is 18.9 Å². The quantitative estimate of drug-likeness (QED) is 0.867. The molecule has 2 saturated heterocycles. The first kappa shape index (κ1) is 16.1. The lowest BCUT2D eigenvalue weighted by molar-refractivity contribution is -0.144. The number of nitrogens with one attached hydrogen (secondary N) is 1. The third-order valence-corrected chi connectivity index (χ3v) is 5.49. The van der Waals surface area contributed by atoms with Crippen molar-refractivity contribution in [2.24, 2.45) is 11.8 Å². The maximum absolute atomic E-state index is 12.6. The monoisotopic (exact) mass is 340 g/mol. The van der Waals surface area contributed by atoms with Crippen LogP contribution in [0.25, 0.3) is 11.0 Å². The maximum Gasteiger partial charge on any atom is 0.235 e. The van der Waals surface area contributed by atoms with Crippen molar-refractivity contribution in [1.29, 1.82) is 0 Å². The summed E-state index contributed by atoms with van der Waals surface area (Å²) >= 11 is 0. The Morgan fingerprint density at radius 2 is 2.00 bits per heavy atom. The van der Waals surface area contributed by atoms with Gasteiger partial charge in [-0.3, -0.25) is 9.59 Å². The molecule has 0 spiro atoms. The molecule has 4 rings (SSSR count). The number of piperidine rings is 2. The number of likely N-dealkylation sites (tertiary alicyclic amines) is 1. The molecule has 1 aromatic heterocycles. The molecule has 1 unspecified atom stereocenters. The maximum atomic E-state index is 12.6. The molecule has 25 heavy (non-hydrogen) atoms. The van der Waals surface area contributed by atoms with Crippen molar-refractivity contribution in [3.05, 3.63) is 30.6 Å². The molecule has 2 amide bonds. The third kappa shape index (κ3) is 3.25. The van der Waals surface area contributed by atoms with E-state index in [0.717, 1.165) is 44.4 Å². The molecule has 6 nitrogen and oxygen atoms in total. The zero-order chi connectivity index (χ0) is 17.2. The summed E-state index contributed by atoms with van der Waals surface area (Å²) in [5.74, 6) is -0.00304. The van der Waals surface area contributed by atoms with Gasteiger partial charge in [0.05, 0.1) is 17.4 Å². The first-order chi connectivity index (χ1) is 12.2. The third-order valence-electron chi connectivity index (χ3n) is 5.49. The van der Waals surface area contributed by atoms with E-state index >= 15 is 0 Å². The fourth-order valence-electron chi connectivity index (χ4n) is 4.00. The van der Waals surface area contributed by atoms with Crippen LogP contribution in [0.3, 0.4) is 0 Å². The molecule has 2 aromatic rings. The van der Waals surface area contributed by atoms with E-state index in [9.17, 15) is 9.59 Å². The lowest BCUT2D eigenvalue weighted by Gasteiger charge is -2.35. The highest BCUT2D eigenvalue weighted by Gasteiger charge is 2.34. The minimum absolute atomic E-state index is 0.0173. The van der Waals surface area contributed by atoms with Crippen LogP contribution in [-0.2, 0) is 16.1 Å². The zero-order valence-corrected chi connectivity index (χ0v) is 14.4. The molecule has 132 valence electrons. The van der Waals surface area contributed by atoms with Crippen LogP contribution in [0.1, 0.15) is 25.7 Å². The van der Waals surface area contributed by atoms with Gasteiger partial charge in [0, 0.05) is 26.2 Å². The van der Waals surface area contributed by atoms with Crippen LogP contribution in [0.2, 0.25) is 0 Å². The van der Waals surface area contributed by atoms with Crippen LogP contribution in [0.4, 0.5) is 0 Å². The highest BCUT2D eigenvalue weighted by molar-refractivity contribution is 6.00. The molecule has 1 atom stereocenters. The first-order valence-electron chi connectivity index (χ1n) is 9.19. The van der Waals surface area contributed by atoms with Gasteiger partial charge in [0.15, 0.2) is 0 Å². The highest BCUT2D eigenvalue weighted by atomic mass is 16.2. The number of aromatic nitrogens is 2. The number of rotatable bonds is 3. The molecular formula is C19H24N4O2. The van der Waals surface area contributed by atoms with Gasteiger partial charge in [0.2, 0.25) is 11.8 Å². The Kier molecular flexibility index (Phi) is 4.42. The SMILES string of the molecule is O=C1NCCCC1C(=O)N1CCC(Cn2cnc3ccccc32)CC1. The number of amides is 2. The largest absolute Gasteiger partial charge is 0.355 e. The van der Waals surface area contributed by atoms with Gasteiger partial charge >= 0.3 is 0 Å². The van der Waals surface area contributed by atoms with Crippen LogP contribution in [0.15, 0.2) is 30.6 Å². The van der Waals surface area contributed by atoms with Gasteiger partial charge in [-0.2, -0.15) is 0 Å². The lowest BCUT2D eigenvalue weighted by atomic mass is 9.93. The second kappa shape index (κ2) is 6.86. The van der Waals surface area contributed by atoms with E-state index in [-0.39, 0.29) is 11.8 Å². The van der Waals surface area contributed by atoms with E-state index in [1.54, 1.807) is 0 Å². The summed E-state index contributed by atoms with van der Waals surface area (Å²) in [6.45, 7) is 3.13. The zero-order valence-electron chi connectivity index (χ0n) is 14.4. The van der Waals surface area contributed by atoms with E-state index in [1.165, 1.54) is 5.52 Å². The molecular weight excluding hydrogens is 316 g/mol. The second-order valence-corrected chi connectivity index (χ2v) is 7.14. The summed E-state index contributed by atoms with van der Waals surface area (Å²) in [5, 5.41) is 2.81. The Morgan fingerprint density at radius 3 is 2.80 bits per heavy atom. The van der Waals surface area contributed by atoms with Gasteiger partial charge in [0.25, 0.3) is 0 Å². The number of para-hydroxylation sites is 2. The van der Waals surface area contributed by atoms with Gasteiger partial charge in [-0.05, 0) is 43.7 Å². The molecule has 1 N–H and O–H groups in total. The standard InChI is InChI=1S/C19H24N4O2/c24-18-15(4-3-9-20-18)19(25)22-10-7-14(8-11-22)12-23-13-21-16-5-1-2-6-17(16)23/h1-2,5-6,13-15H,3-4,7-12H2,(H,20,24). The number of imidazole rings is 1. The molecule has 2 aliphatic heterocycles. The predicted molar refractivity (Wildman–Crippen MR) is 94.8 cm³/mol. The Bertz CT molecular complexity index is 777. The molecule has 2 aliphatic rings. The highest BCUT2D eigenvalue weighted by Crippen LogP contribution is 2.24. The van der Waals surface area contributed by atoms with Gasteiger partial charge in [0.1, 0.15) is 5.92 Å². The van der Waals surface area contributed by atoms with Crippen molar-refractivity contribution in [3.8, 4) is 0 Å². The van der Waals surface area contributed by atoms with Crippen molar-refractivity contribution in [3.63, 3.8) is 0 Å². The van der Waals surface area contributed by atoms with Gasteiger partial charge in [-0.25, -0.2) is 4.98 Å². The molecule has 1 aromatic carbocycles. The first-order valence-corrected chi connectivity index (χ1v) is 9.19. The molecule has 6 heteroatoms. The number of hydrogen-bond donors (Lipinski definition) is 1. The summed E-state index contributed by atoms with van der Waals surface area (Å²) in [6, 6.07) is 8.17. The summed E-state index contributed by atoms with van der Waals surface area (Å²) in [7, 11) is 0. The minimum Gasteiger partial charge on any atom is -0.355 e. The number of hydrogen-bond acceptors (Lipinski definition) is 3.